The molecule has 0 radical (unpaired) electrons. The van der Waals surface area contributed by atoms with Crippen LogP contribution in [0.4, 0.5) is 0 Å². The van der Waals surface area contributed by atoms with Crippen molar-refractivity contribution in [3.8, 4) is 5.75 Å². The Morgan fingerprint density at radius 3 is 2.73 bits per heavy atom. The van der Waals surface area contributed by atoms with Gasteiger partial charge in [-0.2, -0.15) is 0 Å². The summed E-state index contributed by atoms with van der Waals surface area (Å²) in [6.07, 6.45) is 2.04. The predicted molar refractivity (Wildman–Crippen MR) is 42.7 cm³/mol. The lowest BCUT2D eigenvalue weighted by Crippen LogP contribution is -1.87. The van der Waals surface area contributed by atoms with Crippen LogP contribution in [-0.4, -0.2) is 6.29 Å². The molecular weight excluding hydrogens is 140 g/mol. The molecule has 0 N–H and O–H groups in total. The van der Waals surface area contributed by atoms with Gasteiger partial charge in [0.25, 0.3) is 0 Å². The van der Waals surface area contributed by atoms with Crippen LogP contribution in [0.15, 0.2) is 37.1 Å². The standard InChI is InChI=1S/C9H8O2/c1-2-11-9-6-4-3-5-8(9)7-10/h2-7H,1H2. The lowest BCUT2D eigenvalue weighted by Gasteiger charge is -2.00. The van der Waals surface area contributed by atoms with Crippen LogP contribution in [0, 0.1) is 0 Å². The number of hydrogen-bond acceptors (Lipinski definition) is 2. The molecular formula is C9H8O2. The minimum absolute atomic E-state index is 0.535. The van der Waals surface area contributed by atoms with Gasteiger partial charge in [0.05, 0.1) is 11.8 Å². The number of benzene rings is 1. The first-order chi connectivity index (χ1) is 5.38. The Labute approximate surface area is 65.1 Å². The van der Waals surface area contributed by atoms with Crippen LogP contribution in [0.5, 0.6) is 5.75 Å². The molecule has 0 saturated carbocycles. The van der Waals surface area contributed by atoms with Gasteiger partial charge in [0.15, 0.2) is 6.29 Å². The Morgan fingerprint density at radius 2 is 2.09 bits per heavy atom. The van der Waals surface area contributed by atoms with Crippen molar-refractivity contribution in [2.45, 2.75) is 0 Å². The van der Waals surface area contributed by atoms with Crippen LogP contribution in [0.25, 0.3) is 0 Å². The summed E-state index contributed by atoms with van der Waals surface area (Å²) in [4.78, 5) is 10.4. The molecule has 2 heteroatoms. The SMILES string of the molecule is C=COc1ccccc1C=O. The van der Waals surface area contributed by atoms with Gasteiger partial charge in [0.2, 0.25) is 0 Å². The van der Waals surface area contributed by atoms with Crippen LogP contribution >= 0.6 is 0 Å². The normalized spacial score (nSPS) is 8.73. The summed E-state index contributed by atoms with van der Waals surface area (Å²) in [6.45, 7) is 3.39. The zero-order valence-corrected chi connectivity index (χ0v) is 5.99. The van der Waals surface area contributed by atoms with E-state index >= 15 is 0 Å². The average molecular weight is 148 g/mol. The zero-order chi connectivity index (χ0) is 8.10. The van der Waals surface area contributed by atoms with E-state index in [0.29, 0.717) is 11.3 Å². The van der Waals surface area contributed by atoms with Gasteiger partial charge in [-0.1, -0.05) is 18.7 Å². The number of ether oxygens (including phenoxy) is 1. The molecule has 0 bridgehead atoms. The van der Waals surface area contributed by atoms with Crippen molar-refractivity contribution in [3.63, 3.8) is 0 Å². The van der Waals surface area contributed by atoms with E-state index < -0.39 is 0 Å². The predicted octanol–water partition coefficient (Wildman–Crippen LogP) is 2.02. The Morgan fingerprint density at radius 1 is 1.36 bits per heavy atom. The minimum Gasteiger partial charge on any atom is -0.465 e. The van der Waals surface area contributed by atoms with Gasteiger partial charge >= 0.3 is 0 Å². The molecule has 11 heavy (non-hydrogen) atoms. The van der Waals surface area contributed by atoms with E-state index in [1.807, 2.05) is 0 Å². The molecule has 1 rings (SSSR count). The minimum atomic E-state index is 0.535. The molecule has 2 nitrogen and oxygen atoms in total. The average Bonchev–Trinajstić information content (AvgIpc) is 2.06. The number of rotatable bonds is 3. The Balaban J connectivity index is 3.01. The summed E-state index contributed by atoms with van der Waals surface area (Å²) in [6, 6.07) is 6.97. The van der Waals surface area contributed by atoms with Crippen LogP contribution in [0.2, 0.25) is 0 Å². The fourth-order valence-corrected chi connectivity index (χ4v) is 0.775. The molecule has 0 aliphatic carbocycles. The molecule has 0 fully saturated rings. The van der Waals surface area contributed by atoms with Crippen molar-refractivity contribution in [1.29, 1.82) is 0 Å². The molecule has 0 amide bonds. The van der Waals surface area contributed by atoms with Crippen LogP contribution in [-0.2, 0) is 0 Å². The quantitative estimate of drug-likeness (QED) is 0.484. The maximum atomic E-state index is 10.4. The molecule has 56 valence electrons. The summed E-state index contributed by atoms with van der Waals surface area (Å²) in [5, 5.41) is 0. The Hall–Kier alpha value is -1.57. The summed E-state index contributed by atoms with van der Waals surface area (Å²) in [5.74, 6) is 0.539. The second kappa shape index (κ2) is 3.56. The van der Waals surface area contributed by atoms with Gasteiger partial charge in [-0.25, -0.2) is 0 Å². The first-order valence-electron chi connectivity index (χ1n) is 3.20. The molecule has 0 spiro atoms. The van der Waals surface area contributed by atoms with Gasteiger partial charge in [0, 0.05) is 0 Å². The van der Waals surface area contributed by atoms with Crippen molar-refractivity contribution in [2.75, 3.05) is 0 Å². The number of para-hydroxylation sites is 1. The molecule has 0 saturated heterocycles. The number of carbonyl (C=O) groups is 1. The van der Waals surface area contributed by atoms with E-state index in [1.54, 1.807) is 24.3 Å². The lowest BCUT2D eigenvalue weighted by atomic mass is 10.2. The number of aldehydes is 1. The molecule has 0 heterocycles. The smallest absolute Gasteiger partial charge is 0.153 e. The Bertz CT molecular complexity index is 266. The fraction of sp³-hybridized carbons (Fsp3) is 0. The van der Waals surface area contributed by atoms with Crippen molar-refractivity contribution in [2.24, 2.45) is 0 Å². The summed E-state index contributed by atoms with van der Waals surface area (Å²) in [5.41, 5.74) is 0.535. The van der Waals surface area contributed by atoms with Crippen molar-refractivity contribution < 1.29 is 9.53 Å². The van der Waals surface area contributed by atoms with Gasteiger partial charge < -0.3 is 4.74 Å². The molecule has 0 aromatic heterocycles. The summed E-state index contributed by atoms with van der Waals surface area (Å²) in [7, 11) is 0. The van der Waals surface area contributed by atoms with Gasteiger partial charge in [0.1, 0.15) is 5.75 Å². The van der Waals surface area contributed by atoms with E-state index in [-0.39, 0.29) is 0 Å². The molecule has 0 aliphatic heterocycles. The highest BCUT2D eigenvalue weighted by molar-refractivity contribution is 5.79. The second-order valence-corrected chi connectivity index (χ2v) is 1.94. The van der Waals surface area contributed by atoms with Crippen molar-refractivity contribution in [1.82, 2.24) is 0 Å². The van der Waals surface area contributed by atoms with E-state index in [1.165, 1.54) is 6.26 Å². The molecule has 1 aromatic rings. The van der Waals surface area contributed by atoms with E-state index in [4.69, 9.17) is 4.74 Å². The van der Waals surface area contributed by atoms with E-state index in [9.17, 15) is 4.79 Å². The lowest BCUT2D eigenvalue weighted by molar-refractivity contribution is 0.112. The fourth-order valence-electron chi connectivity index (χ4n) is 0.775. The van der Waals surface area contributed by atoms with E-state index in [2.05, 4.69) is 6.58 Å². The first-order valence-corrected chi connectivity index (χ1v) is 3.20. The van der Waals surface area contributed by atoms with E-state index in [0.717, 1.165) is 6.29 Å². The second-order valence-electron chi connectivity index (χ2n) is 1.94. The van der Waals surface area contributed by atoms with Gasteiger partial charge in [-0.15, -0.1) is 0 Å². The first kappa shape index (κ1) is 7.54. The summed E-state index contributed by atoms with van der Waals surface area (Å²) < 4.78 is 4.96. The largest absolute Gasteiger partial charge is 0.465 e. The van der Waals surface area contributed by atoms with Crippen LogP contribution in [0.1, 0.15) is 10.4 Å². The zero-order valence-electron chi connectivity index (χ0n) is 5.99. The topological polar surface area (TPSA) is 26.3 Å². The molecule has 0 unspecified atom stereocenters. The molecule has 0 aliphatic rings. The molecule has 1 aromatic carbocycles. The van der Waals surface area contributed by atoms with Crippen LogP contribution in [0.3, 0.4) is 0 Å². The number of hydrogen-bond donors (Lipinski definition) is 0. The highest BCUT2D eigenvalue weighted by Gasteiger charge is 1.97. The van der Waals surface area contributed by atoms with Crippen LogP contribution < -0.4 is 4.74 Å². The third kappa shape index (κ3) is 1.67. The summed E-state index contributed by atoms with van der Waals surface area (Å²) >= 11 is 0. The highest BCUT2D eigenvalue weighted by Crippen LogP contribution is 2.15. The molecule has 0 atom stereocenters. The third-order valence-corrected chi connectivity index (χ3v) is 1.26. The monoisotopic (exact) mass is 148 g/mol. The van der Waals surface area contributed by atoms with Gasteiger partial charge in [-0.3, -0.25) is 4.79 Å². The highest BCUT2D eigenvalue weighted by atomic mass is 16.5. The maximum Gasteiger partial charge on any atom is 0.153 e. The van der Waals surface area contributed by atoms with Gasteiger partial charge in [-0.05, 0) is 12.1 Å². The van der Waals surface area contributed by atoms with Crippen molar-refractivity contribution >= 4 is 6.29 Å². The Kier molecular flexibility index (Phi) is 2.44. The maximum absolute atomic E-state index is 10.4. The number of carbonyl (C=O) groups excluding carboxylic acids is 1. The third-order valence-electron chi connectivity index (χ3n) is 1.26. The van der Waals surface area contributed by atoms with Crippen molar-refractivity contribution in [3.05, 3.63) is 42.7 Å².